The third-order valence-electron chi connectivity index (χ3n) is 8.86. The van der Waals surface area contributed by atoms with Crippen molar-refractivity contribution >= 4 is 53.1 Å². The second-order valence-corrected chi connectivity index (χ2v) is 12.9. The van der Waals surface area contributed by atoms with Crippen molar-refractivity contribution in [3.8, 4) is 56.4 Å². The Hall–Kier alpha value is -6.49. The van der Waals surface area contributed by atoms with Gasteiger partial charge in [-0.1, -0.05) is 151 Å². The minimum Gasteiger partial charge on any atom is -0.208 e. The number of nitrogens with zero attached hydrogens (tertiary/aromatic N) is 3. The van der Waals surface area contributed by atoms with E-state index in [9.17, 15) is 2.74 Å². The molecule has 2 heterocycles. The monoisotopic (exact) mass is 679 g/mol. The topological polar surface area (TPSA) is 38.7 Å². The SMILES string of the molecule is [2H]c1cc(-c2c([2H])c([2H])c([2H])c([2H])c2[2H])c2c([2H])c(-c3nc(-c4ccccc4)nc(-c4ccc5cc(-c6ccccc6)ccc5c4)n3)c3c(sc4c([2H])c([2H])c([2H])c([2H])c43)c2c1[2H]. The Kier molecular flexibility index (Phi) is 4.67. The minimum atomic E-state index is -0.625. The van der Waals surface area contributed by atoms with Crippen LogP contribution >= 0.6 is 11.3 Å². The fourth-order valence-electron chi connectivity index (χ4n) is 6.45. The fourth-order valence-corrected chi connectivity index (χ4v) is 7.57. The molecule has 0 fully saturated rings. The van der Waals surface area contributed by atoms with E-state index in [4.69, 9.17) is 28.7 Å². The van der Waals surface area contributed by atoms with Gasteiger partial charge in [0.25, 0.3) is 0 Å². The molecule has 0 unspecified atom stereocenters. The van der Waals surface area contributed by atoms with Crippen molar-refractivity contribution in [1.82, 2.24) is 15.0 Å². The van der Waals surface area contributed by atoms with E-state index in [-0.39, 0.29) is 89.3 Å². The highest BCUT2D eigenvalue weighted by molar-refractivity contribution is 7.26. The number of rotatable bonds is 5. The van der Waals surface area contributed by atoms with Crippen LogP contribution in [0.1, 0.15) is 16.4 Å². The lowest BCUT2D eigenvalue weighted by Gasteiger charge is -2.13. The molecule has 8 aromatic carbocycles. The van der Waals surface area contributed by atoms with Gasteiger partial charge in [0.05, 0.1) is 16.4 Å². The number of hydrogen-bond donors (Lipinski definition) is 0. The molecule has 0 atom stereocenters. The molecule has 0 spiro atoms. The lowest BCUT2D eigenvalue weighted by Crippen LogP contribution is -2.00. The van der Waals surface area contributed by atoms with Gasteiger partial charge in [-0.05, 0) is 62.6 Å². The Morgan fingerprint density at radius 3 is 1.84 bits per heavy atom. The third kappa shape index (κ3) is 5.16. The zero-order valence-electron chi connectivity index (χ0n) is 38.6. The molecule has 2 aromatic heterocycles. The van der Waals surface area contributed by atoms with Gasteiger partial charge in [0.1, 0.15) is 0 Å². The van der Waals surface area contributed by atoms with Crippen molar-refractivity contribution in [2.45, 2.75) is 0 Å². The number of aromatic nitrogens is 3. The maximum Gasteiger partial charge on any atom is 0.164 e. The van der Waals surface area contributed by atoms with E-state index in [1.165, 1.54) is 6.07 Å². The average Bonchev–Trinajstić information content (AvgIpc) is 3.70. The molecule has 0 aliphatic carbocycles. The van der Waals surface area contributed by atoms with Gasteiger partial charge >= 0.3 is 0 Å². The van der Waals surface area contributed by atoms with Crippen molar-refractivity contribution in [1.29, 1.82) is 0 Å². The largest absolute Gasteiger partial charge is 0.208 e. The molecular formula is C47H29N3S. The van der Waals surface area contributed by atoms with Gasteiger partial charge in [-0.15, -0.1) is 11.3 Å². The highest BCUT2D eigenvalue weighted by Crippen LogP contribution is 2.46. The smallest absolute Gasteiger partial charge is 0.164 e. The normalized spacial score (nSPS) is 14.8. The van der Waals surface area contributed by atoms with Crippen molar-refractivity contribution in [3.05, 3.63) is 176 Å². The highest BCUT2D eigenvalue weighted by Gasteiger charge is 2.20. The van der Waals surface area contributed by atoms with Crippen molar-refractivity contribution in [3.63, 3.8) is 0 Å². The molecule has 0 amide bonds. The van der Waals surface area contributed by atoms with E-state index in [1.807, 2.05) is 91.0 Å². The van der Waals surface area contributed by atoms with Crippen LogP contribution in [-0.2, 0) is 0 Å². The fraction of sp³-hybridized carbons (Fsp3) is 0. The summed E-state index contributed by atoms with van der Waals surface area (Å²) in [6.07, 6.45) is 0. The third-order valence-corrected chi connectivity index (χ3v) is 9.98. The second kappa shape index (κ2) is 12.1. The summed E-state index contributed by atoms with van der Waals surface area (Å²) in [6, 6.07) is 26.5. The maximum absolute atomic E-state index is 10.1. The quantitative estimate of drug-likeness (QED) is 0.182. The highest BCUT2D eigenvalue weighted by atomic mass is 32.1. The van der Waals surface area contributed by atoms with Crippen LogP contribution in [0.2, 0.25) is 0 Å². The van der Waals surface area contributed by atoms with E-state index in [2.05, 4.69) is 6.07 Å². The second-order valence-electron chi connectivity index (χ2n) is 11.9. The predicted octanol–water partition coefficient (Wildman–Crippen LogP) is 12.9. The molecule has 0 aliphatic heterocycles. The van der Waals surface area contributed by atoms with Crippen LogP contribution in [0.3, 0.4) is 0 Å². The Morgan fingerprint density at radius 2 is 1.06 bits per heavy atom. The molecule has 0 radical (unpaired) electrons. The van der Waals surface area contributed by atoms with E-state index in [1.54, 1.807) is 0 Å². The molecule has 238 valence electrons. The Labute approximate surface area is 316 Å². The number of fused-ring (bicyclic) bond motifs is 6. The average molecular weight is 680 g/mol. The lowest BCUT2D eigenvalue weighted by atomic mass is 9.94. The molecule has 0 saturated heterocycles. The summed E-state index contributed by atoms with van der Waals surface area (Å²) in [7, 11) is 0. The van der Waals surface area contributed by atoms with Crippen molar-refractivity contribution in [2.75, 3.05) is 0 Å². The van der Waals surface area contributed by atoms with Crippen LogP contribution in [0.25, 0.3) is 98.1 Å². The lowest BCUT2D eigenvalue weighted by molar-refractivity contribution is 1.08. The predicted molar refractivity (Wildman–Crippen MR) is 215 cm³/mol. The number of hydrogen-bond acceptors (Lipinski definition) is 4. The summed E-state index contributed by atoms with van der Waals surface area (Å²) < 4.78 is 107. The first-order valence-electron chi connectivity index (χ1n) is 22.1. The zero-order valence-corrected chi connectivity index (χ0v) is 27.4. The standard InChI is InChI=1S/C47H29N3S/c1-4-13-30(14-5-1)33-23-24-35-28-36(26-25-34(35)27-33)46-48-45(32-17-8-3-9-18-32)49-47(50-46)41-29-40-37(31-15-6-2-7-16-31)20-12-21-38(40)44-43(41)39-19-10-11-22-42(39)51-44/h1-29H/i2D,6D,7D,10D,11D,12D,15D,16D,19D,21D,22D,29D. The molecule has 3 nitrogen and oxygen atoms in total. The van der Waals surface area contributed by atoms with Gasteiger partial charge in [-0.25, -0.2) is 15.0 Å². The van der Waals surface area contributed by atoms with E-state index in [0.717, 1.165) is 33.2 Å². The van der Waals surface area contributed by atoms with Crippen LogP contribution in [0.5, 0.6) is 0 Å². The van der Waals surface area contributed by atoms with E-state index < -0.39 is 48.3 Å². The summed E-state index contributed by atoms with van der Waals surface area (Å²) in [5.74, 6) is 0.420. The summed E-state index contributed by atoms with van der Waals surface area (Å²) >= 11 is 0.952. The van der Waals surface area contributed by atoms with Crippen LogP contribution in [0.15, 0.2) is 176 Å². The van der Waals surface area contributed by atoms with Crippen LogP contribution in [0.4, 0.5) is 0 Å². The first kappa shape index (κ1) is 19.6. The van der Waals surface area contributed by atoms with Gasteiger partial charge in [-0.3, -0.25) is 0 Å². The summed E-state index contributed by atoms with van der Waals surface area (Å²) in [4.78, 5) is 14.9. The molecular weight excluding hydrogens is 639 g/mol. The summed E-state index contributed by atoms with van der Waals surface area (Å²) in [5.41, 5.74) is 3.00. The molecule has 0 aliphatic rings. The van der Waals surface area contributed by atoms with Gasteiger partial charge in [-0.2, -0.15) is 0 Å². The van der Waals surface area contributed by atoms with E-state index >= 15 is 0 Å². The molecule has 10 aromatic rings. The number of benzene rings is 8. The Balaban J connectivity index is 1.35. The van der Waals surface area contributed by atoms with Crippen molar-refractivity contribution < 1.29 is 16.4 Å². The van der Waals surface area contributed by atoms with Gasteiger partial charge in [0, 0.05) is 42.2 Å². The number of thiophene rings is 1. The van der Waals surface area contributed by atoms with Gasteiger partial charge in [0.15, 0.2) is 17.5 Å². The summed E-state index contributed by atoms with van der Waals surface area (Å²) in [6.45, 7) is 0. The molecule has 0 N–H and O–H groups in total. The van der Waals surface area contributed by atoms with E-state index in [0.29, 0.717) is 11.1 Å². The summed E-state index contributed by atoms with van der Waals surface area (Å²) in [5, 5.41) is 2.06. The molecule has 0 bridgehead atoms. The van der Waals surface area contributed by atoms with Gasteiger partial charge < -0.3 is 0 Å². The molecule has 4 heteroatoms. The molecule has 51 heavy (non-hydrogen) atoms. The first-order chi connectivity index (χ1) is 30.2. The van der Waals surface area contributed by atoms with Crippen LogP contribution < -0.4 is 0 Å². The maximum atomic E-state index is 10.1. The van der Waals surface area contributed by atoms with Gasteiger partial charge in [0.2, 0.25) is 0 Å². The zero-order chi connectivity index (χ0) is 44.2. The van der Waals surface area contributed by atoms with Crippen molar-refractivity contribution in [2.24, 2.45) is 0 Å². The Morgan fingerprint density at radius 1 is 0.431 bits per heavy atom. The van der Waals surface area contributed by atoms with Crippen LogP contribution in [-0.4, -0.2) is 15.0 Å². The first-order valence-corrected chi connectivity index (χ1v) is 16.9. The molecule has 0 saturated carbocycles. The molecule has 10 rings (SSSR count). The Bertz CT molecular complexity index is 3570. The van der Waals surface area contributed by atoms with Crippen LogP contribution in [0, 0.1) is 0 Å². The minimum absolute atomic E-state index is 0.00749.